The summed E-state index contributed by atoms with van der Waals surface area (Å²) >= 11 is 0. The maximum atomic E-state index is 14.2. The van der Waals surface area contributed by atoms with Crippen molar-refractivity contribution >= 4 is 29.2 Å². The van der Waals surface area contributed by atoms with Crippen molar-refractivity contribution in [3.8, 4) is 11.5 Å². The smallest absolute Gasteiger partial charge is 0.416 e. The number of rotatable bonds is 5. The van der Waals surface area contributed by atoms with E-state index < -0.39 is 23.7 Å². The molecule has 3 aromatic carbocycles. The molecule has 1 atom stereocenters. The molecule has 1 saturated carbocycles. The molecule has 1 unspecified atom stereocenters. The van der Waals surface area contributed by atoms with Gasteiger partial charge in [0.05, 0.1) is 12.7 Å². The molecule has 3 aromatic rings. The Labute approximate surface area is 230 Å². The fraction of sp³-hybridized carbons (Fsp3) is 0.290. The van der Waals surface area contributed by atoms with Crippen molar-refractivity contribution in [3.05, 3.63) is 89.0 Å². The third kappa shape index (κ3) is 5.41. The van der Waals surface area contributed by atoms with Gasteiger partial charge in [-0.3, -0.25) is 14.5 Å². The molecule has 1 fully saturated rings. The molecule has 5 rings (SSSR count). The molecular weight excluding hydrogens is 521 g/mol. The Morgan fingerprint density at radius 3 is 2.40 bits per heavy atom. The molecule has 9 heteroatoms. The highest BCUT2D eigenvalue weighted by Gasteiger charge is 2.42. The van der Waals surface area contributed by atoms with Crippen LogP contribution in [0.15, 0.2) is 66.7 Å². The first-order valence-electron chi connectivity index (χ1n) is 13.2. The number of hydrogen-bond acceptors (Lipinski definition) is 4. The van der Waals surface area contributed by atoms with Crippen molar-refractivity contribution in [1.82, 2.24) is 5.32 Å². The molecule has 208 valence electrons. The second-order valence-electron chi connectivity index (χ2n) is 10.0. The number of fused-ring (bicyclic) bond motifs is 1. The molecule has 0 radical (unpaired) electrons. The summed E-state index contributed by atoms with van der Waals surface area (Å²) in [4.78, 5) is 29.3. The number of phenolic OH excluding ortho intramolecular Hbond substituents is 1. The van der Waals surface area contributed by atoms with Crippen LogP contribution < -0.4 is 15.0 Å². The summed E-state index contributed by atoms with van der Waals surface area (Å²) in [6.07, 6.45) is 1.84. The van der Waals surface area contributed by atoms with Crippen LogP contribution in [0.1, 0.15) is 60.4 Å². The number of alkyl halides is 3. The Balaban J connectivity index is 1.64. The Morgan fingerprint density at radius 1 is 1.02 bits per heavy atom. The standard InChI is InChI=1S/C31H29F3N2O4/c1-40-27-18-19(11-16-26(27)37)17-25-23-9-5-6-10-24(23)28(29(38)35-21-7-3-2-4-8-21)36(30(25)39)22-14-12-20(13-15-22)31(32,33)34/h5-6,9-18,21,28,37H,2-4,7-8H2,1H3,(H,35,38)/b25-17+. The minimum absolute atomic E-state index is 0.0284. The van der Waals surface area contributed by atoms with Crippen molar-refractivity contribution in [2.75, 3.05) is 12.0 Å². The molecule has 1 aliphatic heterocycles. The zero-order valence-electron chi connectivity index (χ0n) is 21.9. The Morgan fingerprint density at radius 2 is 1.73 bits per heavy atom. The lowest BCUT2D eigenvalue weighted by Crippen LogP contribution is -2.49. The number of methoxy groups -OCH3 is 1. The summed E-state index contributed by atoms with van der Waals surface area (Å²) in [5.74, 6) is -0.756. The van der Waals surface area contributed by atoms with E-state index in [1.165, 1.54) is 30.2 Å². The number of amides is 2. The predicted octanol–water partition coefficient (Wildman–Crippen LogP) is 6.50. The number of anilines is 1. The fourth-order valence-corrected chi connectivity index (χ4v) is 5.44. The van der Waals surface area contributed by atoms with E-state index in [0.717, 1.165) is 44.2 Å². The highest BCUT2D eigenvalue weighted by molar-refractivity contribution is 6.33. The minimum atomic E-state index is -4.54. The van der Waals surface area contributed by atoms with Gasteiger partial charge >= 0.3 is 6.18 Å². The van der Waals surface area contributed by atoms with Crippen LogP contribution in [0.25, 0.3) is 11.6 Å². The van der Waals surface area contributed by atoms with Crippen molar-refractivity contribution in [1.29, 1.82) is 0 Å². The predicted molar refractivity (Wildman–Crippen MR) is 146 cm³/mol. The zero-order chi connectivity index (χ0) is 28.4. The third-order valence-electron chi connectivity index (χ3n) is 7.44. The van der Waals surface area contributed by atoms with E-state index >= 15 is 0 Å². The van der Waals surface area contributed by atoms with Crippen molar-refractivity contribution in [3.63, 3.8) is 0 Å². The first kappa shape index (κ1) is 27.3. The number of ether oxygens (including phenoxy) is 1. The third-order valence-corrected chi connectivity index (χ3v) is 7.44. The molecule has 40 heavy (non-hydrogen) atoms. The largest absolute Gasteiger partial charge is 0.504 e. The second-order valence-corrected chi connectivity index (χ2v) is 10.0. The monoisotopic (exact) mass is 550 g/mol. The maximum absolute atomic E-state index is 14.2. The number of nitrogens with one attached hydrogen (secondary N) is 1. The summed E-state index contributed by atoms with van der Waals surface area (Å²) < 4.78 is 45.1. The van der Waals surface area contributed by atoms with Crippen LogP contribution in [0.3, 0.4) is 0 Å². The van der Waals surface area contributed by atoms with Crippen LogP contribution in [0, 0.1) is 0 Å². The molecule has 1 heterocycles. The number of carbonyl (C=O) groups is 2. The number of benzene rings is 3. The molecule has 6 nitrogen and oxygen atoms in total. The van der Waals surface area contributed by atoms with E-state index in [1.807, 2.05) is 0 Å². The second kappa shape index (κ2) is 11.1. The van der Waals surface area contributed by atoms with Gasteiger partial charge in [0.15, 0.2) is 11.5 Å². The van der Waals surface area contributed by atoms with Crippen LogP contribution in [0.4, 0.5) is 18.9 Å². The molecule has 2 aliphatic rings. The van der Waals surface area contributed by atoms with E-state index in [-0.39, 0.29) is 34.7 Å². The van der Waals surface area contributed by atoms with Crippen LogP contribution >= 0.6 is 0 Å². The van der Waals surface area contributed by atoms with Gasteiger partial charge in [-0.2, -0.15) is 13.2 Å². The van der Waals surface area contributed by atoms with Crippen LogP contribution in [-0.4, -0.2) is 30.1 Å². The first-order valence-corrected chi connectivity index (χ1v) is 13.2. The highest BCUT2D eigenvalue weighted by atomic mass is 19.4. The molecule has 0 spiro atoms. The van der Waals surface area contributed by atoms with Crippen molar-refractivity contribution in [2.45, 2.75) is 50.4 Å². The molecule has 0 saturated heterocycles. The van der Waals surface area contributed by atoms with E-state index in [2.05, 4.69) is 5.32 Å². The topological polar surface area (TPSA) is 78.9 Å². The summed E-state index contributed by atoms with van der Waals surface area (Å²) in [6, 6.07) is 14.8. The Hall–Kier alpha value is -4.27. The summed E-state index contributed by atoms with van der Waals surface area (Å²) in [5, 5.41) is 13.1. The van der Waals surface area contributed by atoms with Crippen LogP contribution in [0.2, 0.25) is 0 Å². The van der Waals surface area contributed by atoms with E-state index in [1.54, 1.807) is 42.5 Å². The average Bonchev–Trinajstić information content (AvgIpc) is 2.95. The zero-order valence-corrected chi connectivity index (χ0v) is 21.9. The van der Waals surface area contributed by atoms with E-state index in [4.69, 9.17) is 4.74 Å². The van der Waals surface area contributed by atoms with E-state index in [0.29, 0.717) is 16.7 Å². The van der Waals surface area contributed by atoms with Gasteiger partial charge < -0.3 is 15.2 Å². The van der Waals surface area contributed by atoms with Crippen LogP contribution in [-0.2, 0) is 15.8 Å². The molecule has 0 bridgehead atoms. The summed E-state index contributed by atoms with van der Waals surface area (Å²) in [5.41, 5.74) is 1.25. The summed E-state index contributed by atoms with van der Waals surface area (Å²) in [6.45, 7) is 0. The lowest BCUT2D eigenvalue weighted by molar-refractivity contribution is -0.137. The van der Waals surface area contributed by atoms with Gasteiger partial charge in [-0.1, -0.05) is 49.6 Å². The number of aromatic hydroxyl groups is 1. The average molecular weight is 551 g/mol. The molecular formula is C31H29F3N2O4. The van der Waals surface area contributed by atoms with Gasteiger partial charge in [0.25, 0.3) is 5.91 Å². The van der Waals surface area contributed by atoms with E-state index in [9.17, 15) is 27.9 Å². The summed E-state index contributed by atoms with van der Waals surface area (Å²) in [7, 11) is 1.41. The van der Waals surface area contributed by atoms with Gasteiger partial charge in [-0.25, -0.2) is 0 Å². The number of phenols is 1. The normalized spacial score (nSPS) is 18.9. The highest BCUT2D eigenvalue weighted by Crippen LogP contribution is 2.42. The number of carbonyl (C=O) groups excluding carboxylic acids is 2. The fourth-order valence-electron chi connectivity index (χ4n) is 5.44. The lowest BCUT2D eigenvalue weighted by Gasteiger charge is -2.38. The molecule has 2 amide bonds. The SMILES string of the molecule is COc1cc(/C=C2/C(=O)N(c3ccc(C(F)(F)F)cc3)C(C(=O)NC3CCCCC3)c3ccccc32)ccc1O. The van der Waals surface area contributed by atoms with Crippen molar-refractivity contribution < 1.29 is 32.6 Å². The lowest BCUT2D eigenvalue weighted by atomic mass is 9.86. The van der Waals surface area contributed by atoms with Gasteiger partial charge in [0.2, 0.25) is 5.91 Å². The maximum Gasteiger partial charge on any atom is 0.416 e. The number of nitrogens with zero attached hydrogens (tertiary/aromatic N) is 1. The first-order chi connectivity index (χ1) is 19.2. The quantitative estimate of drug-likeness (QED) is 0.356. The molecule has 0 aromatic heterocycles. The minimum Gasteiger partial charge on any atom is -0.504 e. The van der Waals surface area contributed by atoms with Gasteiger partial charge in [-0.05, 0) is 72.0 Å². The van der Waals surface area contributed by atoms with Crippen LogP contribution in [0.5, 0.6) is 11.5 Å². The Bertz CT molecular complexity index is 1440. The Kier molecular flexibility index (Phi) is 7.56. The van der Waals surface area contributed by atoms with Crippen molar-refractivity contribution in [2.24, 2.45) is 0 Å². The van der Waals surface area contributed by atoms with Gasteiger partial charge in [0, 0.05) is 17.3 Å². The number of halogens is 3. The molecule has 2 N–H and O–H groups in total. The van der Waals surface area contributed by atoms with Gasteiger partial charge in [0.1, 0.15) is 6.04 Å². The number of hydrogen-bond donors (Lipinski definition) is 2. The molecule has 1 aliphatic carbocycles. The van der Waals surface area contributed by atoms with Gasteiger partial charge in [-0.15, -0.1) is 0 Å².